The Kier molecular flexibility index (Phi) is 1.89. The zero-order chi connectivity index (χ0) is 10.1. The molecule has 0 saturated heterocycles. The van der Waals surface area contributed by atoms with Crippen LogP contribution in [0.3, 0.4) is 0 Å². The van der Waals surface area contributed by atoms with Gasteiger partial charge in [0.05, 0.1) is 17.0 Å². The Morgan fingerprint density at radius 1 is 1.36 bits per heavy atom. The van der Waals surface area contributed by atoms with Gasteiger partial charge < -0.3 is 5.32 Å². The van der Waals surface area contributed by atoms with Crippen LogP contribution in [0, 0.1) is 0 Å². The smallest absolute Gasteiger partial charge is 0.235 e. The molecule has 0 fully saturated rings. The van der Waals surface area contributed by atoms with Crippen molar-refractivity contribution in [3.05, 3.63) is 35.7 Å². The molecule has 70 valence electrons. The van der Waals surface area contributed by atoms with Crippen molar-refractivity contribution >= 4 is 17.3 Å². The molecule has 0 radical (unpaired) electrons. The van der Waals surface area contributed by atoms with Gasteiger partial charge in [-0.3, -0.25) is 14.6 Å². The third-order valence-electron chi connectivity index (χ3n) is 2.08. The molecule has 0 aliphatic heterocycles. The van der Waals surface area contributed by atoms with Crippen molar-refractivity contribution in [2.24, 2.45) is 0 Å². The van der Waals surface area contributed by atoms with Gasteiger partial charge >= 0.3 is 0 Å². The third kappa shape index (κ3) is 1.12. The normalized spacial score (nSPS) is 14.8. The summed E-state index contributed by atoms with van der Waals surface area (Å²) in [6.45, 7) is 0. The van der Waals surface area contributed by atoms with Crippen LogP contribution in [0.15, 0.2) is 24.4 Å². The zero-order valence-electron chi connectivity index (χ0n) is 7.57. The number of carbonyl (C=O) groups is 2. The van der Waals surface area contributed by atoms with Gasteiger partial charge in [0.15, 0.2) is 0 Å². The third-order valence-corrected chi connectivity index (χ3v) is 2.08. The highest BCUT2D eigenvalue weighted by Crippen LogP contribution is 2.19. The van der Waals surface area contributed by atoms with Gasteiger partial charge in [-0.25, -0.2) is 0 Å². The van der Waals surface area contributed by atoms with E-state index in [0.29, 0.717) is 17.0 Å². The standard InChI is InChI=1S/C10H8N2O2/c1-11-7-5-8(13)10(14)6-3-2-4-12-9(6)7/h2-5,11H,1H3. The number of ketones is 2. The molecule has 0 aromatic carbocycles. The average Bonchev–Trinajstić information content (AvgIpc) is 2.23. The topological polar surface area (TPSA) is 59.1 Å². The highest BCUT2D eigenvalue weighted by Gasteiger charge is 2.25. The van der Waals surface area contributed by atoms with Gasteiger partial charge in [0.25, 0.3) is 0 Å². The minimum atomic E-state index is -0.505. The number of hydrogen-bond donors (Lipinski definition) is 1. The van der Waals surface area contributed by atoms with E-state index in [0.717, 1.165) is 0 Å². The van der Waals surface area contributed by atoms with Crippen molar-refractivity contribution < 1.29 is 9.59 Å². The van der Waals surface area contributed by atoms with E-state index >= 15 is 0 Å². The molecule has 4 nitrogen and oxygen atoms in total. The number of allylic oxidation sites excluding steroid dienone is 1. The molecule has 0 atom stereocenters. The first-order valence-electron chi connectivity index (χ1n) is 4.17. The van der Waals surface area contributed by atoms with E-state index in [1.54, 1.807) is 25.4 Å². The number of Topliss-reactive ketones (excluding diaryl/α,β-unsaturated/α-hetero) is 1. The Morgan fingerprint density at radius 3 is 2.86 bits per heavy atom. The van der Waals surface area contributed by atoms with Crippen LogP contribution < -0.4 is 5.32 Å². The van der Waals surface area contributed by atoms with Crippen molar-refractivity contribution in [2.75, 3.05) is 7.05 Å². The van der Waals surface area contributed by atoms with E-state index in [2.05, 4.69) is 10.3 Å². The van der Waals surface area contributed by atoms with Gasteiger partial charge in [-0.15, -0.1) is 0 Å². The van der Waals surface area contributed by atoms with Gasteiger partial charge in [-0.05, 0) is 12.1 Å². The molecule has 2 rings (SSSR count). The van der Waals surface area contributed by atoms with E-state index in [-0.39, 0.29) is 0 Å². The minimum absolute atomic E-state index is 0.365. The maximum atomic E-state index is 11.4. The molecule has 14 heavy (non-hydrogen) atoms. The molecule has 4 heteroatoms. The maximum Gasteiger partial charge on any atom is 0.235 e. The average molecular weight is 188 g/mol. The molecule has 0 unspecified atom stereocenters. The first kappa shape index (κ1) is 8.62. The van der Waals surface area contributed by atoms with Gasteiger partial charge in [0.2, 0.25) is 11.6 Å². The van der Waals surface area contributed by atoms with Crippen molar-refractivity contribution in [3.8, 4) is 0 Å². The summed E-state index contributed by atoms with van der Waals surface area (Å²) < 4.78 is 0. The Bertz CT molecular complexity index is 449. The fourth-order valence-corrected chi connectivity index (χ4v) is 1.39. The molecule has 1 aliphatic carbocycles. The van der Waals surface area contributed by atoms with E-state index in [1.807, 2.05) is 0 Å². The van der Waals surface area contributed by atoms with Crippen LogP contribution >= 0.6 is 0 Å². The monoisotopic (exact) mass is 188 g/mol. The number of rotatable bonds is 1. The summed E-state index contributed by atoms with van der Waals surface area (Å²) in [6, 6.07) is 3.25. The first-order chi connectivity index (χ1) is 6.74. The minimum Gasteiger partial charge on any atom is -0.386 e. The summed E-state index contributed by atoms with van der Waals surface area (Å²) in [5.74, 6) is -0.998. The lowest BCUT2D eigenvalue weighted by Gasteiger charge is -2.13. The van der Waals surface area contributed by atoms with Gasteiger partial charge in [-0.1, -0.05) is 0 Å². The molecule has 0 bridgehead atoms. The predicted octanol–water partition coefficient (Wildman–Crippen LogP) is 0.407. The van der Waals surface area contributed by atoms with Crippen molar-refractivity contribution in [2.45, 2.75) is 0 Å². The number of fused-ring (bicyclic) bond motifs is 1. The van der Waals surface area contributed by atoms with Crippen molar-refractivity contribution in [3.63, 3.8) is 0 Å². The highest BCUT2D eigenvalue weighted by atomic mass is 16.2. The van der Waals surface area contributed by atoms with Gasteiger partial charge in [0.1, 0.15) is 0 Å². The summed E-state index contributed by atoms with van der Waals surface area (Å²) >= 11 is 0. The molecule has 0 spiro atoms. The Hall–Kier alpha value is -1.97. The van der Waals surface area contributed by atoms with E-state index in [4.69, 9.17) is 0 Å². The maximum absolute atomic E-state index is 11.4. The van der Waals surface area contributed by atoms with Gasteiger partial charge in [-0.2, -0.15) is 0 Å². The molecule has 0 amide bonds. The van der Waals surface area contributed by atoms with Crippen molar-refractivity contribution in [1.29, 1.82) is 0 Å². The fraction of sp³-hybridized carbons (Fsp3) is 0.100. The Balaban J connectivity index is 2.66. The van der Waals surface area contributed by atoms with Crippen LogP contribution in [-0.4, -0.2) is 23.6 Å². The second kappa shape index (κ2) is 3.06. The largest absolute Gasteiger partial charge is 0.386 e. The number of hydrogen-bond acceptors (Lipinski definition) is 4. The van der Waals surface area contributed by atoms with Crippen LogP contribution in [-0.2, 0) is 4.79 Å². The van der Waals surface area contributed by atoms with Crippen LogP contribution in [0.1, 0.15) is 16.1 Å². The number of nitrogens with zero attached hydrogens (tertiary/aromatic N) is 1. The van der Waals surface area contributed by atoms with E-state index in [1.165, 1.54) is 6.08 Å². The Labute approximate surface area is 80.7 Å². The van der Waals surface area contributed by atoms with Crippen LogP contribution in [0.4, 0.5) is 0 Å². The lowest BCUT2D eigenvalue weighted by Crippen LogP contribution is -2.23. The number of nitrogens with one attached hydrogen (secondary N) is 1. The highest BCUT2D eigenvalue weighted by molar-refractivity contribution is 6.50. The SMILES string of the molecule is CNC1=CC(=O)C(=O)c2cccnc21. The number of carbonyl (C=O) groups excluding carboxylic acids is 2. The first-order valence-corrected chi connectivity index (χ1v) is 4.17. The second-order valence-electron chi connectivity index (χ2n) is 2.90. The lowest BCUT2D eigenvalue weighted by molar-refractivity contribution is -0.111. The molecule has 1 aromatic rings. The Morgan fingerprint density at radius 2 is 2.14 bits per heavy atom. The summed E-state index contributed by atoms with van der Waals surface area (Å²) in [6.07, 6.45) is 2.87. The van der Waals surface area contributed by atoms with Gasteiger partial charge in [0, 0.05) is 19.3 Å². The van der Waals surface area contributed by atoms with E-state index < -0.39 is 11.6 Å². The zero-order valence-corrected chi connectivity index (χ0v) is 7.57. The summed E-state index contributed by atoms with van der Waals surface area (Å²) in [5.41, 5.74) is 1.49. The molecule has 1 N–H and O–H groups in total. The van der Waals surface area contributed by atoms with Crippen molar-refractivity contribution in [1.82, 2.24) is 10.3 Å². The molecule has 1 aromatic heterocycles. The quantitative estimate of drug-likeness (QED) is 0.648. The summed E-state index contributed by atoms with van der Waals surface area (Å²) in [5, 5.41) is 2.84. The second-order valence-corrected chi connectivity index (χ2v) is 2.90. The van der Waals surface area contributed by atoms with E-state index in [9.17, 15) is 9.59 Å². The molecular weight excluding hydrogens is 180 g/mol. The van der Waals surface area contributed by atoms with Crippen LogP contribution in [0.25, 0.3) is 5.70 Å². The summed E-state index contributed by atoms with van der Waals surface area (Å²) in [4.78, 5) is 26.7. The van der Waals surface area contributed by atoms with Crippen LogP contribution in [0.5, 0.6) is 0 Å². The number of pyridine rings is 1. The molecule has 0 saturated carbocycles. The lowest BCUT2D eigenvalue weighted by atomic mass is 9.97. The molecule has 1 heterocycles. The molecular formula is C10H8N2O2. The fourth-order valence-electron chi connectivity index (χ4n) is 1.39. The predicted molar refractivity (Wildman–Crippen MR) is 50.6 cm³/mol. The molecule has 1 aliphatic rings. The number of aromatic nitrogens is 1. The van der Waals surface area contributed by atoms with Crippen LogP contribution in [0.2, 0.25) is 0 Å². The summed E-state index contributed by atoms with van der Waals surface area (Å²) in [7, 11) is 1.69.